The van der Waals surface area contributed by atoms with Crippen molar-refractivity contribution in [1.29, 1.82) is 0 Å². The molecule has 2 nitrogen and oxygen atoms in total. The highest BCUT2D eigenvalue weighted by molar-refractivity contribution is 5.71. The number of rotatable bonds is 2. The van der Waals surface area contributed by atoms with Gasteiger partial charge in [-0.3, -0.25) is 4.79 Å². The molecule has 4 aliphatic carbocycles. The molecule has 3 fully saturated rings. The topological polar surface area (TPSA) is 26.3 Å². The molecule has 5 atom stereocenters. The van der Waals surface area contributed by atoms with E-state index in [1.165, 1.54) is 39.2 Å². The smallest absolute Gasteiger partial charge is 0.306 e. The SMILES string of the molecule is COC(=O)C[C@@]12C[C@@]13CC[C@H]1C=CC[C@@H]2C[C@H]13. The Bertz CT molecular complexity index is 413. The van der Waals surface area contributed by atoms with Crippen LogP contribution in [0.25, 0.3) is 0 Å². The van der Waals surface area contributed by atoms with Gasteiger partial charge in [0.1, 0.15) is 0 Å². The molecule has 0 aliphatic heterocycles. The molecule has 0 unspecified atom stereocenters. The van der Waals surface area contributed by atoms with E-state index in [0.717, 1.165) is 17.8 Å². The predicted molar refractivity (Wildman–Crippen MR) is 64.2 cm³/mol. The second-order valence-electron chi connectivity index (χ2n) is 6.65. The number of ether oxygens (including phenoxy) is 1. The first-order valence-electron chi connectivity index (χ1n) is 6.95. The third-order valence-corrected chi connectivity index (χ3v) is 6.46. The fourth-order valence-corrected chi connectivity index (χ4v) is 5.74. The Labute approximate surface area is 102 Å². The third kappa shape index (κ3) is 1.01. The van der Waals surface area contributed by atoms with Crippen LogP contribution in [0.2, 0.25) is 0 Å². The highest BCUT2D eigenvalue weighted by atomic mass is 16.5. The van der Waals surface area contributed by atoms with Crippen molar-refractivity contribution >= 4 is 5.97 Å². The number of hydrogen-bond donors (Lipinski definition) is 0. The molecule has 2 bridgehead atoms. The van der Waals surface area contributed by atoms with Crippen molar-refractivity contribution in [2.45, 2.75) is 38.5 Å². The van der Waals surface area contributed by atoms with Gasteiger partial charge in [0, 0.05) is 0 Å². The molecule has 4 rings (SSSR count). The molecule has 92 valence electrons. The Balaban J connectivity index is 1.71. The highest BCUT2D eigenvalue weighted by Crippen LogP contribution is 2.86. The van der Waals surface area contributed by atoms with Crippen LogP contribution >= 0.6 is 0 Å². The minimum absolute atomic E-state index is 0.0144. The van der Waals surface area contributed by atoms with Crippen LogP contribution < -0.4 is 0 Å². The number of carbonyl (C=O) groups is 1. The zero-order valence-corrected chi connectivity index (χ0v) is 10.4. The Kier molecular flexibility index (Phi) is 1.77. The Morgan fingerprint density at radius 1 is 1.53 bits per heavy atom. The zero-order chi connectivity index (χ0) is 11.7. The van der Waals surface area contributed by atoms with Crippen LogP contribution in [0.1, 0.15) is 38.5 Å². The maximum Gasteiger partial charge on any atom is 0.306 e. The van der Waals surface area contributed by atoms with Crippen molar-refractivity contribution in [2.75, 3.05) is 7.11 Å². The van der Waals surface area contributed by atoms with Crippen LogP contribution in [0.4, 0.5) is 0 Å². The Morgan fingerprint density at radius 2 is 2.41 bits per heavy atom. The van der Waals surface area contributed by atoms with Crippen LogP contribution in [0.15, 0.2) is 12.2 Å². The van der Waals surface area contributed by atoms with Gasteiger partial charge in [-0.1, -0.05) is 12.2 Å². The highest BCUT2D eigenvalue weighted by Gasteiger charge is 2.79. The second kappa shape index (κ2) is 2.96. The van der Waals surface area contributed by atoms with E-state index >= 15 is 0 Å². The Hall–Kier alpha value is -0.790. The number of allylic oxidation sites excluding steroid dienone is 2. The van der Waals surface area contributed by atoms with Crippen molar-refractivity contribution in [1.82, 2.24) is 0 Å². The first-order valence-corrected chi connectivity index (χ1v) is 6.95. The lowest BCUT2D eigenvalue weighted by Gasteiger charge is -2.22. The van der Waals surface area contributed by atoms with Crippen molar-refractivity contribution in [3.63, 3.8) is 0 Å². The van der Waals surface area contributed by atoms with Crippen molar-refractivity contribution in [2.24, 2.45) is 28.6 Å². The molecule has 0 aromatic rings. The normalized spacial score (nSPS) is 53.1. The maximum atomic E-state index is 11.7. The zero-order valence-electron chi connectivity index (χ0n) is 10.4. The van der Waals surface area contributed by atoms with E-state index in [4.69, 9.17) is 4.74 Å². The van der Waals surface area contributed by atoms with Gasteiger partial charge in [0.25, 0.3) is 0 Å². The van der Waals surface area contributed by atoms with Crippen molar-refractivity contribution < 1.29 is 9.53 Å². The van der Waals surface area contributed by atoms with Gasteiger partial charge in [-0.05, 0) is 60.7 Å². The summed E-state index contributed by atoms with van der Waals surface area (Å²) in [4.78, 5) is 11.7. The summed E-state index contributed by atoms with van der Waals surface area (Å²) < 4.78 is 4.93. The molecule has 0 aromatic heterocycles. The second-order valence-corrected chi connectivity index (χ2v) is 6.65. The average Bonchev–Trinajstić information content (AvgIpc) is 2.79. The maximum absolute atomic E-state index is 11.7. The molecule has 0 radical (unpaired) electrons. The molecule has 1 spiro atoms. The first-order chi connectivity index (χ1) is 8.22. The molecule has 0 N–H and O–H groups in total. The minimum Gasteiger partial charge on any atom is -0.469 e. The molecule has 0 heterocycles. The first kappa shape index (κ1) is 10.2. The van der Waals surface area contributed by atoms with Crippen molar-refractivity contribution in [3.05, 3.63) is 12.2 Å². The summed E-state index contributed by atoms with van der Waals surface area (Å²) in [6, 6.07) is 0. The van der Waals surface area contributed by atoms with Gasteiger partial charge in [0.15, 0.2) is 0 Å². The fraction of sp³-hybridized carbons (Fsp3) is 0.800. The van der Waals surface area contributed by atoms with E-state index < -0.39 is 0 Å². The van der Waals surface area contributed by atoms with Gasteiger partial charge >= 0.3 is 5.97 Å². The number of hydrogen-bond acceptors (Lipinski definition) is 2. The fourth-order valence-electron chi connectivity index (χ4n) is 5.74. The van der Waals surface area contributed by atoms with Gasteiger partial charge in [0.05, 0.1) is 13.5 Å². The van der Waals surface area contributed by atoms with E-state index in [9.17, 15) is 4.79 Å². The van der Waals surface area contributed by atoms with E-state index in [2.05, 4.69) is 12.2 Å². The lowest BCUT2D eigenvalue weighted by atomic mass is 9.82. The summed E-state index contributed by atoms with van der Waals surface area (Å²) in [5.74, 6) is 2.48. The molecule has 4 aliphatic rings. The minimum atomic E-state index is 0.0144. The molecule has 0 saturated heterocycles. The molecular weight excluding hydrogens is 212 g/mol. The summed E-state index contributed by atoms with van der Waals surface area (Å²) in [7, 11) is 1.53. The number of methoxy groups -OCH3 is 1. The standard InChI is InChI=1S/C15H20O2/c1-17-13(16)8-15-9-14(15)6-5-10-3-2-4-11(15)7-12(10)14/h2-3,10-12H,4-9H2,1H3/t10-,11-,12-,14-,15+/m1/s1. The average molecular weight is 232 g/mol. The third-order valence-electron chi connectivity index (χ3n) is 6.46. The van der Waals surface area contributed by atoms with E-state index in [0.29, 0.717) is 17.3 Å². The lowest BCUT2D eigenvalue weighted by molar-refractivity contribution is -0.142. The largest absolute Gasteiger partial charge is 0.469 e. The van der Waals surface area contributed by atoms with Crippen molar-refractivity contribution in [3.8, 4) is 0 Å². The summed E-state index contributed by atoms with van der Waals surface area (Å²) in [5, 5.41) is 0. The molecule has 17 heavy (non-hydrogen) atoms. The quantitative estimate of drug-likeness (QED) is 0.540. The van der Waals surface area contributed by atoms with E-state index in [1.807, 2.05) is 0 Å². The van der Waals surface area contributed by atoms with Gasteiger partial charge in [-0.2, -0.15) is 0 Å². The molecule has 2 heteroatoms. The number of fused-ring (bicyclic) bond motifs is 2. The molecular formula is C15H20O2. The summed E-state index contributed by atoms with van der Waals surface area (Å²) in [5.41, 5.74) is 0.881. The van der Waals surface area contributed by atoms with Gasteiger partial charge in [0.2, 0.25) is 0 Å². The monoisotopic (exact) mass is 232 g/mol. The van der Waals surface area contributed by atoms with Gasteiger partial charge in [-0.25, -0.2) is 0 Å². The summed E-state index contributed by atoms with van der Waals surface area (Å²) >= 11 is 0. The molecule has 0 amide bonds. The van der Waals surface area contributed by atoms with Gasteiger partial charge in [-0.15, -0.1) is 0 Å². The molecule has 0 aromatic carbocycles. The van der Waals surface area contributed by atoms with Crippen LogP contribution in [0.3, 0.4) is 0 Å². The molecule has 3 saturated carbocycles. The van der Waals surface area contributed by atoms with Crippen LogP contribution in [-0.4, -0.2) is 13.1 Å². The van der Waals surface area contributed by atoms with Crippen LogP contribution in [0.5, 0.6) is 0 Å². The van der Waals surface area contributed by atoms with Crippen LogP contribution in [0, 0.1) is 28.6 Å². The lowest BCUT2D eigenvalue weighted by Crippen LogP contribution is -2.21. The number of carbonyl (C=O) groups excluding carboxylic acids is 1. The predicted octanol–water partition coefficient (Wildman–Crippen LogP) is 2.93. The van der Waals surface area contributed by atoms with Gasteiger partial charge < -0.3 is 4.74 Å². The number of esters is 1. The summed E-state index contributed by atoms with van der Waals surface area (Å²) in [6.07, 6.45) is 12.1. The Morgan fingerprint density at radius 3 is 3.24 bits per heavy atom. The van der Waals surface area contributed by atoms with E-state index in [-0.39, 0.29) is 5.97 Å². The van der Waals surface area contributed by atoms with Crippen LogP contribution in [-0.2, 0) is 9.53 Å². The van der Waals surface area contributed by atoms with E-state index in [1.54, 1.807) is 0 Å². The summed E-state index contributed by atoms with van der Waals surface area (Å²) in [6.45, 7) is 0.